The van der Waals surface area contributed by atoms with E-state index in [-0.39, 0.29) is 11.8 Å². The molecule has 1 amide bonds. The van der Waals surface area contributed by atoms with E-state index in [2.05, 4.69) is 61.6 Å². The van der Waals surface area contributed by atoms with Gasteiger partial charge in [0.2, 0.25) is 0 Å². The first-order valence-electron chi connectivity index (χ1n) is 12.3. The normalized spacial score (nSPS) is 11.4. The van der Waals surface area contributed by atoms with Crippen LogP contribution >= 0.6 is 0 Å². The van der Waals surface area contributed by atoms with Gasteiger partial charge in [-0.15, -0.1) is 13.2 Å². The average molecular weight is 477 g/mol. The van der Waals surface area contributed by atoms with Crippen molar-refractivity contribution in [1.82, 2.24) is 19.4 Å². The molecule has 0 aliphatic heterocycles. The molecule has 3 rings (SSSR count). The SMILES string of the molecule is C=CCN(CC=C)Cc1ccc2c(c1)nc(CN(CC(C)C)C(=O)c1cccc(F)c1)n2CCC. The number of hydrogen-bond donors (Lipinski definition) is 0. The van der Waals surface area contributed by atoms with Crippen LogP contribution in [0.3, 0.4) is 0 Å². The number of amides is 1. The molecule has 1 heterocycles. The average Bonchev–Trinajstić information content (AvgIpc) is 3.14. The maximum Gasteiger partial charge on any atom is 0.254 e. The summed E-state index contributed by atoms with van der Waals surface area (Å²) in [6.45, 7) is 18.1. The van der Waals surface area contributed by atoms with Gasteiger partial charge in [-0.2, -0.15) is 0 Å². The summed E-state index contributed by atoms with van der Waals surface area (Å²) in [5, 5.41) is 0. The lowest BCUT2D eigenvalue weighted by Gasteiger charge is -2.25. The van der Waals surface area contributed by atoms with Crippen molar-refractivity contribution < 1.29 is 9.18 Å². The summed E-state index contributed by atoms with van der Waals surface area (Å²) >= 11 is 0. The van der Waals surface area contributed by atoms with Crippen molar-refractivity contribution in [3.8, 4) is 0 Å². The summed E-state index contributed by atoms with van der Waals surface area (Å²) in [6.07, 6.45) is 4.75. The summed E-state index contributed by atoms with van der Waals surface area (Å²) in [4.78, 5) is 22.3. The largest absolute Gasteiger partial charge is 0.331 e. The maximum absolute atomic E-state index is 13.8. The standard InChI is InChI=1S/C29H37FN4O/c1-6-14-32(15-7-2)20-23-12-13-27-26(17-23)31-28(34(27)16-8-3)21-33(19-22(4)5)29(35)24-10-9-11-25(30)18-24/h6-7,9-13,17-18,22H,1-2,8,14-16,19-21H2,3-5H3. The van der Waals surface area contributed by atoms with Crippen molar-refractivity contribution in [2.24, 2.45) is 5.92 Å². The fraction of sp³-hybridized carbons (Fsp3) is 0.379. The summed E-state index contributed by atoms with van der Waals surface area (Å²) in [5.41, 5.74) is 3.51. The van der Waals surface area contributed by atoms with E-state index in [1.807, 2.05) is 12.2 Å². The van der Waals surface area contributed by atoms with Gasteiger partial charge < -0.3 is 9.47 Å². The molecule has 0 saturated heterocycles. The van der Waals surface area contributed by atoms with Crippen LogP contribution in [-0.4, -0.2) is 44.9 Å². The molecule has 0 unspecified atom stereocenters. The molecule has 0 aliphatic carbocycles. The number of nitrogens with zero attached hydrogens (tertiary/aromatic N) is 4. The van der Waals surface area contributed by atoms with Crippen LogP contribution in [0.4, 0.5) is 4.39 Å². The number of fused-ring (bicyclic) bond motifs is 1. The minimum atomic E-state index is -0.409. The van der Waals surface area contributed by atoms with Crippen molar-refractivity contribution in [2.75, 3.05) is 19.6 Å². The highest BCUT2D eigenvalue weighted by molar-refractivity contribution is 5.94. The lowest BCUT2D eigenvalue weighted by molar-refractivity contribution is 0.0715. The van der Waals surface area contributed by atoms with Crippen LogP contribution in [0.1, 0.15) is 48.9 Å². The molecule has 186 valence electrons. The topological polar surface area (TPSA) is 41.4 Å². The van der Waals surface area contributed by atoms with E-state index in [1.165, 1.54) is 17.7 Å². The van der Waals surface area contributed by atoms with E-state index in [0.717, 1.165) is 49.5 Å². The monoisotopic (exact) mass is 476 g/mol. The van der Waals surface area contributed by atoms with Gasteiger partial charge in [-0.05, 0) is 48.2 Å². The number of aryl methyl sites for hydroxylation is 1. The number of rotatable bonds is 13. The third kappa shape index (κ3) is 6.89. The second-order valence-corrected chi connectivity index (χ2v) is 9.36. The maximum atomic E-state index is 13.8. The molecular formula is C29H37FN4O. The number of carbonyl (C=O) groups is 1. The highest BCUT2D eigenvalue weighted by Gasteiger charge is 2.21. The van der Waals surface area contributed by atoms with E-state index in [1.54, 1.807) is 17.0 Å². The fourth-order valence-corrected chi connectivity index (χ4v) is 4.38. The van der Waals surface area contributed by atoms with Crippen molar-refractivity contribution in [2.45, 2.75) is 46.8 Å². The van der Waals surface area contributed by atoms with Gasteiger partial charge in [0.05, 0.1) is 17.6 Å². The Kier molecular flexibility index (Phi) is 9.38. The Morgan fingerprint density at radius 3 is 2.49 bits per heavy atom. The molecule has 0 radical (unpaired) electrons. The van der Waals surface area contributed by atoms with Crippen LogP contribution in [0, 0.1) is 11.7 Å². The van der Waals surface area contributed by atoms with Crippen LogP contribution < -0.4 is 0 Å². The second kappa shape index (κ2) is 12.5. The van der Waals surface area contributed by atoms with Gasteiger partial charge >= 0.3 is 0 Å². The van der Waals surface area contributed by atoms with Gasteiger partial charge in [0.25, 0.3) is 5.91 Å². The molecule has 1 aromatic heterocycles. The first kappa shape index (κ1) is 26.4. The van der Waals surface area contributed by atoms with Gasteiger partial charge in [-0.25, -0.2) is 9.37 Å². The van der Waals surface area contributed by atoms with E-state index in [9.17, 15) is 9.18 Å². The van der Waals surface area contributed by atoms with E-state index in [0.29, 0.717) is 18.7 Å². The zero-order chi connectivity index (χ0) is 25.4. The molecule has 35 heavy (non-hydrogen) atoms. The Hall–Kier alpha value is -3.25. The molecule has 2 aromatic carbocycles. The molecule has 0 bridgehead atoms. The third-order valence-corrected chi connectivity index (χ3v) is 5.80. The summed E-state index contributed by atoms with van der Waals surface area (Å²) in [5.74, 6) is 0.522. The zero-order valence-electron chi connectivity index (χ0n) is 21.2. The van der Waals surface area contributed by atoms with Gasteiger partial charge in [0.15, 0.2) is 0 Å². The quantitative estimate of drug-likeness (QED) is 0.282. The lowest BCUT2D eigenvalue weighted by Crippen LogP contribution is -2.34. The predicted octanol–water partition coefficient (Wildman–Crippen LogP) is 6.06. The summed E-state index contributed by atoms with van der Waals surface area (Å²) < 4.78 is 16.0. The number of benzene rings is 2. The first-order valence-corrected chi connectivity index (χ1v) is 12.3. The van der Waals surface area contributed by atoms with Gasteiger partial charge in [0, 0.05) is 38.3 Å². The zero-order valence-corrected chi connectivity index (χ0v) is 21.2. The second-order valence-electron chi connectivity index (χ2n) is 9.36. The number of carbonyl (C=O) groups excluding carboxylic acids is 1. The van der Waals surface area contributed by atoms with E-state index in [4.69, 9.17) is 4.98 Å². The molecule has 0 spiro atoms. The highest BCUT2D eigenvalue weighted by atomic mass is 19.1. The molecule has 5 nitrogen and oxygen atoms in total. The predicted molar refractivity (Wildman–Crippen MR) is 142 cm³/mol. The van der Waals surface area contributed by atoms with Gasteiger partial charge in [-0.1, -0.05) is 45.1 Å². The van der Waals surface area contributed by atoms with Crippen LogP contribution in [0.5, 0.6) is 0 Å². The highest BCUT2D eigenvalue weighted by Crippen LogP contribution is 2.22. The fourth-order valence-electron chi connectivity index (χ4n) is 4.38. The van der Waals surface area contributed by atoms with Crippen molar-refractivity contribution in [1.29, 1.82) is 0 Å². The van der Waals surface area contributed by atoms with Gasteiger partial charge in [-0.3, -0.25) is 9.69 Å². The Morgan fingerprint density at radius 2 is 1.86 bits per heavy atom. The molecule has 0 aliphatic rings. The van der Waals surface area contributed by atoms with Crippen LogP contribution in [0.25, 0.3) is 11.0 Å². The molecule has 0 atom stereocenters. The summed E-state index contributed by atoms with van der Waals surface area (Å²) in [6, 6.07) is 12.3. The van der Waals surface area contributed by atoms with Crippen LogP contribution in [0.15, 0.2) is 67.8 Å². The lowest BCUT2D eigenvalue weighted by atomic mass is 10.1. The third-order valence-electron chi connectivity index (χ3n) is 5.80. The Labute approximate surface area is 208 Å². The minimum Gasteiger partial charge on any atom is -0.331 e. The Balaban J connectivity index is 1.95. The van der Waals surface area contributed by atoms with Crippen molar-refractivity contribution in [3.05, 3.63) is 90.5 Å². The summed E-state index contributed by atoms with van der Waals surface area (Å²) in [7, 11) is 0. The van der Waals surface area contributed by atoms with Crippen LogP contribution in [-0.2, 0) is 19.6 Å². The smallest absolute Gasteiger partial charge is 0.254 e. The van der Waals surface area contributed by atoms with E-state index < -0.39 is 5.82 Å². The molecule has 3 aromatic rings. The Bertz CT molecular complexity index is 1160. The number of aromatic nitrogens is 2. The van der Waals surface area contributed by atoms with Crippen LogP contribution in [0.2, 0.25) is 0 Å². The molecule has 0 N–H and O–H groups in total. The molecule has 0 saturated carbocycles. The minimum absolute atomic E-state index is 0.182. The number of hydrogen-bond acceptors (Lipinski definition) is 3. The van der Waals surface area contributed by atoms with Gasteiger partial charge in [0.1, 0.15) is 11.6 Å². The van der Waals surface area contributed by atoms with E-state index >= 15 is 0 Å². The molecular weight excluding hydrogens is 439 g/mol. The first-order chi connectivity index (χ1) is 16.9. The Morgan fingerprint density at radius 1 is 1.11 bits per heavy atom. The number of imidazole rings is 1. The van der Waals surface area contributed by atoms with Crippen molar-refractivity contribution in [3.63, 3.8) is 0 Å². The van der Waals surface area contributed by atoms with Crippen molar-refractivity contribution >= 4 is 16.9 Å². The number of halogens is 1. The molecule has 0 fully saturated rings. The molecule has 6 heteroatoms.